The molecular weight excluding hydrogens is 501 g/mol. The van der Waals surface area contributed by atoms with Gasteiger partial charge in [-0.15, -0.1) is 0 Å². The van der Waals surface area contributed by atoms with Crippen LogP contribution in [-0.2, 0) is 21.2 Å². The lowest BCUT2D eigenvalue weighted by Gasteiger charge is -2.29. The zero-order valence-corrected chi connectivity index (χ0v) is 21.2. The van der Waals surface area contributed by atoms with Gasteiger partial charge in [0.25, 0.3) is 5.91 Å². The van der Waals surface area contributed by atoms with Gasteiger partial charge in [-0.25, -0.2) is 12.8 Å². The van der Waals surface area contributed by atoms with Gasteiger partial charge in [-0.2, -0.15) is 4.31 Å². The fourth-order valence-corrected chi connectivity index (χ4v) is 5.51. The summed E-state index contributed by atoms with van der Waals surface area (Å²) in [5.41, 5.74) is 0.580. The minimum Gasteiger partial charge on any atom is -0.390 e. The summed E-state index contributed by atoms with van der Waals surface area (Å²) in [5, 5.41) is 13.8. The number of aliphatic hydroxyl groups excluding tert-OH is 1. The Labute approximate surface area is 214 Å². The molecule has 0 spiro atoms. The minimum atomic E-state index is -4.38. The smallest absolute Gasteiger partial charge is 0.268 e. The molecule has 2 aromatic carbocycles. The second-order valence-electron chi connectivity index (χ2n) is 8.68. The van der Waals surface area contributed by atoms with Gasteiger partial charge in [-0.1, -0.05) is 36.4 Å². The van der Waals surface area contributed by atoms with Crippen LogP contribution in [0.25, 0.3) is 0 Å². The van der Waals surface area contributed by atoms with Crippen molar-refractivity contribution in [3.05, 3.63) is 99.7 Å². The zero-order chi connectivity index (χ0) is 27.2. The second kappa shape index (κ2) is 12.0. The molecule has 2 unspecified atom stereocenters. The molecule has 0 bridgehead atoms. The Morgan fingerprint density at radius 1 is 1.11 bits per heavy atom. The summed E-state index contributed by atoms with van der Waals surface area (Å²) < 4.78 is 41.5. The van der Waals surface area contributed by atoms with Crippen LogP contribution in [0.1, 0.15) is 28.5 Å². The number of carbonyl (C=O) groups excluding carboxylic acids is 2. The number of aliphatic hydroxyl groups is 1. The van der Waals surface area contributed by atoms with E-state index in [0.717, 1.165) is 28.1 Å². The number of aryl methyl sites for hydroxylation is 1. The first kappa shape index (κ1) is 27.9. The molecule has 3 rings (SSSR count). The Bertz CT molecular complexity index is 1430. The highest BCUT2D eigenvalue weighted by atomic mass is 32.2. The molecule has 1 amide bonds. The molecule has 3 aromatic rings. The van der Waals surface area contributed by atoms with Gasteiger partial charge in [0.1, 0.15) is 17.3 Å². The molecule has 0 fully saturated rings. The highest BCUT2D eigenvalue weighted by Gasteiger charge is 2.33. The summed E-state index contributed by atoms with van der Waals surface area (Å²) in [4.78, 5) is 38.8. The van der Waals surface area contributed by atoms with Crippen molar-refractivity contribution in [1.82, 2.24) is 14.6 Å². The van der Waals surface area contributed by atoms with Crippen molar-refractivity contribution < 1.29 is 27.5 Å². The van der Waals surface area contributed by atoms with E-state index in [1.54, 1.807) is 30.3 Å². The van der Waals surface area contributed by atoms with E-state index in [0.29, 0.717) is 0 Å². The summed E-state index contributed by atoms with van der Waals surface area (Å²) in [5.74, 6) is -1.94. The summed E-state index contributed by atoms with van der Waals surface area (Å²) >= 11 is 0. The molecule has 1 aromatic heterocycles. The van der Waals surface area contributed by atoms with Gasteiger partial charge in [-0.3, -0.25) is 14.4 Å². The number of hydrogen-bond donors (Lipinski definition) is 3. The van der Waals surface area contributed by atoms with Crippen LogP contribution in [0.3, 0.4) is 0 Å². The van der Waals surface area contributed by atoms with E-state index in [-0.39, 0.29) is 22.6 Å². The third-order valence-electron chi connectivity index (χ3n) is 5.65. The van der Waals surface area contributed by atoms with Crippen LogP contribution in [0.2, 0.25) is 0 Å². The average Bonchev–Trinajstić information content (AvgIpc) is 2.85. The molecular formula is C26H28FN3O6S. The second-order valence-corrected chi connectivity index (χ2v) is 10.6. The molecule has 37 heavy (non-hydrogen) atoms. The van der Waals surface area contributed by atoms with Crippen LogP contribution >= 0.6 is 0 Å². The quantitative estimate of drug-likeness (QED) is 0.347. The van der Waals surface area contributed by atoms with Crippen LogP contribution in [-0.4, -0.2) is 59.7 Å². The number of benzene rings is 2. The molecule has 11 heteroatoms. The predicted octanol–water partition coefficient (Wildman–Crippen LogP) is 1.80. The van der Waals surface area contributed by atoms with Gasteiger partial charge in [0.2, 0.25) is 10.0 Å². The number of halogens is 1. The van der Waals surface area contributed by atoms with Crippen molar-refractivity contribution in [2.75, 3.05) is 13.1 Å². The van der Waals surface area contributed by atoms with Gasteiger partial charge in [-0.05, 0) is 43.5 Å². The van der Waals surface area contributed by atoms with Crippen LogP contribution in [0.4, 0.5) is 4.39 Å². The largest absolute Gasteiger partial charge is 0.390 e. The topological polar surface area (TPSA) is 137 Å². The van der Waals surface area contributed by atoms with Crippen LogP contribution in [0.5, 0.6) is 0 Å². The number of hydrogen-bond acceptors (Lipinski definition) is 6. The number of carbonyl (C=O) groups is 2. The number of nitrogens with one attached hydrogen (secondary N) is 2. The SMILES string of the molecule is CC(=O)CN(CC(O)C(Cc1ccccc1)NC(=O)c1cc(=O)cc[nH]1)S(=O)(=O)c1cc(F)ccc1C. The molecule has 0 saturated heterocycles. The fraction of sp³-hybridized carbons (Fsp3) is 0.269. The minimum absolute atomic E-state index is 0.0404. The molecule has 2 atom stereocenters. The molecule has 0 aliphatic carbocycles. The molecule has 0 aliphatic heterocycles. The van der Waals surface area contributed by atoms with Crippen molar-refractivity contribution in [2.24, 2.45) is 0 Å². The van der Waals surface area contributed by atoms with Gasteiger partial charge in [0, 0.05) is 24.9 Å². The first-order chi connectivity index (χ1) is 17.5. The molecule has 1 heterocycles. The van der Waals surface area contributed by atoms with E-state index >= 15 is 0 Å². The maximum absolute atomic E-state index is 13.9. The molecule has 9 nitrogen and oxygen atoms in total. The first-order valence-corrected chi connectivity index (χ1v) is 12.9. The summed E-state index contributed by atoms with van der Waals surface area (Å²) in [6.07, 6.45) is -0.0391. The average molecular weight is 530 g/mol. The predicted molar refractivity (Wildman–Crippen MR) is 135 cm³/mol. The standard InChI is InChI=1S/C26H28FN3O6S/c1-17-8-9-20(27)13-25(17)37(35,36)30(15-18(2)31)16-24(33)22(12-19-6-4-3-5-7-19)29-26(34)23-14-21(32)10-11-28-23/h3-11,13-14,22,24,33H,12,15-16H2,1-2H3,(H,28,32)(H,29,34). The van der Waals surface area contributed by atoms with E-state index in [4.69, 9.17) is 0 Å². The van der Waals surface area contributed by atoms with E-state index < -0.39 is 58.2 Å². The number of aromatic amines is 1. The maximum Gasteiger partial charge on any atom is 0.268 e. The monoisotopic (exact) mass is 529 g/mol. The van der Waals surface area contributed by atoms with E-state index in [9.17, 15) is 32.3 Å². The third kappa shape index (κ3) is 7.42. The lowest BCUT2D eigenvalue weighted by atomic mass is 10.0. The van der Waals surface area contributed by atoms with Crippen molar-refractivity contribution in [1.29, 1.82) is 0 Å². The highest BCUT2D eigenvalue weighted by molar-refractivity contribution is 7.89. The van der Waals surface area contributed by atoms with Crippen molar-refractivity contribution >= 4 is 21.7 Å². The van der Waals surface area contributed by atoms with Crippen molar-refractivity contribution in [2.45, 2.75) is 37.3 Å². The molecule has 0 saturated carbocycles. The lowest BCUT2D eigenvalue weighted by molar-refractivity contribution is -0.117. The number of sulfonamides is 1. The first-order valence-electron chi connectivity index (χ1n) is 11.4. The van der Waals surface area contributed by atoms with Crippen LogP contribution < -0.4 is 10.7 Å². The highest BCUT2D eigenvalue weighted by Crippen LogP contribution is 2.22. The molecule has 3 N–H and O–H groups in total. The van der Waals surface area contributed by atoms with E-state index in [1.165, 1.54) is 32.2 Å². The Balaban J connectivity index is 1.93. The molecule has 0 aliphatic rings. The summed E-state index contributed by atoms with van der Waals surface area (Å²) in [6, 6.07) is 13.5. The number of pyridine rings is 1. The number of nitrogens with zero attached hydrogens (tertiary/aromatic N) is 1. The van der Waals surface area contributed by atoms with Crippen molar-refractivity contribution in [3.8, 4) is 0 Å². The Hall–Kier alpha value is -3.67. The number of amides is 1. The lowest BCUT2D eigenvalue weighted by Crippen LogP contribution is -2.51. The van der Waals surface area contributed by atoms with Crippen LogP contribution in [0, 0.1) is 12.7 Å². The summed E-state index contributed by atoms with van der Waals surface area (Å²) in [7, 11) is -4.38. The third-order valence-corrected chi connectivity index (χ3v) is 7.61. The molecule has 196 valence electrons. The maximum atomic E-state index is 13.9. The normalized spacial score (nSPS) is 13.2. The van der Waals surface area contributed by atoms with Gasteiger partial charge >= 0.3 is 0 Å². The number of aromatic nitrogens is 1. The molecule has 0 radical (unpaired) electrons. The van der Waals surface area contributed by atoms with Gasteiger partial charge in [0.05, 0.1) is 23.6 Å². The zero-order valence-electron chi connectivity index (χ0n) is 20.3. The fourth-order valence-electron chi connectivity index (χ4n) is 3.80. The summed E-state index contributed by atoms with van der Waals surface area (Å²) in [6.45, 7) is 1.57. The van der Waals surface area contributed by atoms with E-state index in [1.807, 2.05) is 0 Å². The Kier molecular flexibility index (Phi) is 9.09. The van der Waals surface area contributed by atoms with Gasteiger partial charge in [0.15, 0.2) is 5.43 Å². The Morgan fingerprint density at radius 3 is 2.46 bits per heavy atom. The van der Waals surface area contributed by atoms with Crippen molar-refractivity contribution in [3.63, 3.8) is 0 Å². The van der Waals surface area contributed by atoms with Crippen LogP contribution in [0.15, 0.2) is 76.6 Å². The number of rotatable bonds is 11. The number of Topliss-reactive ketones (excluding diaryl/α,β-unsaturated/α-hetero) is 1. The van der Waals surface area contributed by atoms with E-state index in [2.05, 4.69) is 10.3 Å². The van der Waals surface area contributed by atoms with Gasteiger partial charge < -0.3 is 15.4 Å². The number of ketones is 1. The Morgan fingerprint density at radius 2 is 1.81 bits per heavy atom. The number of H-pyrrole nitrogens is 1.